The third-order valence-corrected chi connectivity index (χ3v) is 6.94. The molecular formula is C27H32N2O6. The van der Waals surface area contributed by atoms with Crippen molar-refractivity contribution in [2.24, 2.45) is 5.92 Å². The Morgan fingerprint density at radius 2 is 1.66 bits per heavy atom. The lowest BCUT2D eigenvalue weighted by atomic mass is 9.89. The molecule has 186 valence electrons. The lowest BCUT2D eigenvalue weighted by molar-refractivity contribution is -0.152. The van der Waals surface area contributed by atoms with Gasteiger partial charge < -0.3 is 25.2 Å². The molecule has 1 heterocycles. The predicted octanol–water partition coefficient (Wildman–Crippen LogP) is 3.69. The van der Waals surface area contributed by atoms with Crippen LogP contribution in [0.5, 0.6) is 0 Å². The molecule has 8 nitrogen and oxygen atoms in total. The molecule has 1 fully saturated rings. The first-order chi connectivity index (χ1) is 16.9. The minimum absolute atomic E-state index is 0.000938. The highest BCUT2D eigenvalue weighted by Gasteiger charge is 2.41. The number of hydrogen-bond acceptors (Lipinski definition) is 5. The van der Waals surface area contributed by atoms with Gasteiger partial charge in [-0.25, -0.2) is 9.59 Å². The van der Waals surface area contributed by atoms with Gasteiger partial charge in [-0.2, -0.15) is 0 Å². The highest BCUT2D eigenvalue weighted by molar-refractivity contribution is 5.87. The molecule has 0 radical (unpaired) electrons. The number of nitrogens with one attached hydrogen (secondary N) is 2. The van der Waals surface area contributed by atoms with Gasteiger partial charge in [0.1, 0.15) is 12.1 Å². The number of carbonyl (C=O) groups excluding carboxylic acids is 2. The molecule has 0 aromatic heterocycles. The second kappa shape index (κ2) is 10.9. The highest BCUT2D eigenvalue weighted by atomic mass is 16.5. The lowest BCUT2D eigenvalue weighted by Crippen LogP contribution is -2.57. The number of rotatable bonds is 9. The summed E-state index contributed by atoms with van der Waals surface area (Å²) < 4.78 is 10.8. The number of ether oxygens (including phenoxy) is 2. The quantitative estimate of drug-likeness (QED) is 0.504. The van der Waals surface area contributed by atoms with Crippen LogP contribution in [0, 0.1) is 5.92 Å². The number of alkyl carbamates (subject to hydrolysis) is 1. The minimum Gasteiger partial charge on any atom is -0.480 e. The Hall–Kier alpha value is -3.39. The topological polar surface area (TPSA) is 114 Å². The summed E-state index contributed by atoms with van der Waals surface area (Å²) >= 11 is 0. The Bertz CT molecular complexity index is 1030. The molecule has 0 spiro atoms. The molecule has 1 saturated heterocycles. The van der Waals surface area contributed by atoms with Crippen molar-refractivity contribution in [2.45, 2.75) is 44.1 Å². The van der Waals surface area contributed by atoms with Crippen LogP contribution in [0.15, 0.2) is 48.5 Å². The van der Waals surface area contributed by atoms with Crippen molar-refractivity contribution >= 4 is 18.0 Å². The summed E-state index contributed by atoms with van der Waals surface area (Å²) in [6.07, 6.45) is 0.723. The van der Waals surface area contributed by atoms with Crippen molar-refractivity contribution in [1.29, 1.82) is 0 Å². The van der Waals surface area contributed by atoms with Crippen LogP contribution in [-0.2, 0) is 19.1 Å². The summed E-state index contributed by atoms with van der Waals surface area (Å²) in [4.78, 5) is 36.4. The number of hydrogen-bond donors (Lipinski definition) is 3. The van der Waals surface area contributed by atoms with E-state index in [0.29, 0.717) is 26.2 Å². The smallest absolute Gasteiger partial charge is 0.407 e. The van der Waals surface area contributed by atoms with Gasteiger partial charge >= 0.3 is 12.1 Å². The first-order valence-electron chi connectivity index (χ1n) is 12.1. The molecule has 2 aromatic rings. The average Bonchev–Trinajstić information content (AvgIpc) is 3.19. The molecule has 3 N–H and O–H groups in total. The van der Waals surface area contributed by atoms with Crippen molar-refractivity contribution in [3.8, 4) is 11.1 Å². The number of carboxylic acids is 1. The Morgan fingerprint density at radius 3 is 2.26 bits per heavy atom. The Kier molecular flexibility index (Phi) is 7.70. The van der Waals surface area contributed by atoms with Gasteiger partial charge in [-0.05, 0) is 34.6 Å². The molecule has 1 atom stereocenters. The fourth-order valence-electron chi connectivity index (χ4n) is 4.83. The van der Waals surface area contributed by atoms with Gasteiger partial charge in [-0.3, -0.25) is 4.79 Å². The third-order valence-electron chi connectivity index (χ3n) is 6.94. The fraction of sp³-hybridized carbons (Fsp3) is 0.444. The summed E-state index contributed by atoms with van der Waals surface area (Å²) in [5, 5.41) is 15.0. The fourth-order valence-corrected chi connectivity index (χ4v) is 4.83. The molecular weight excluding hydrogens is 448 g/mol. The lowest BCUT2D eigenvalue weighted by Gasteiger charge is -2.34. The third kappa shape index (κ3) is 5.65. The number of fused-ring (bicyclic) bond motifs is 3. The van der Waals surface area contributed by atoms with Crippen LogP contribution < -0.4 is 10.6 Å². The molecule has 35 heavy (non-hydrogen) atoms. The van der Waals surface area contributed by atoms with Gasteiger partial charge in [0, 0.05) is 44.9 Å². The largest absolute Gasteiger partial charge is 0.480 e. The first-order valence-corrected chi connectivity index (χ1v) is 12.1. The van der Waals surface area contributed by atoms with Crippen molar-refractivity contribution in [1.82, 2.24) is 10.6 Å². The predicted molar refractivity (Wildman–Crippen MR) is 130 cm³/mol. The summed E-state index contributed by atoms with van der Waals surface area (Å²) in [5.41, 5.74) is 3.41. The zero-order chi connectivity index (χ0) is 24.8. The van der Waals surface area contributed by atoms with Crippen LogP contribution >= 0.6 is 0 Å². The SMILES string of the molecule is CC(CCC(=O)NC1(C(=O)O)CCOCC1)CNC(=O)OCC1c2ccccc2-c2ccccc21. The van der Waals surface area contributed by atoms with Crippen molar-refractivity contribution in [3.63, 3.8) is 0 Å². The molecule has 2 aromatic carbocycles. The summed E-state index contributed by atoms with van der Waals surface area (Å²) in [7, 11) is 0. The maximum absolute atomic E-state index is 12.4. The second-order valence-corrected chi connectivity index (χ2v) is 9.40. The minimum atomic E-state index is -1.25. The Morgan fingerprint density at radius 1 is 1.06 bits per heavy atom. The molecule has 1 unspecified atom stereocenters. The maximum Gasteiger partial charge on any atom is 0.407 e. The standard InChI is InChI=1S/C27H32N2O6/c1-18(10-11-24(30)29-27(25(31)32)12-14-34-15-13-27)16-28-26(33)35-17-23-21-8-4-2-6-19(21)20-7-3-5-9-22(20)23/h2-9,18,23H,10-17H2,1H3,(H,28,33)(H,29,30)(H,31,32). The van der Waals surface area contributed by atoms with Gasteiger partial charge in [0.25, 0.3) is 0 Å². The van der Waals surface area contributed by atoms with Crippen molar-refractivity contribution < 1.29 is 29.0 Å². The van der Waals surface area contributed by atoms with Crippen LogP contribution in [0.2, 0.25) is 0 Å². The van der Waals surface area contributed by atoms with E-state index in [1.165, 1.54) is 11.1 Å². The normalized spacial score (nSPS) is 17.1. The van der Waals surface area contributed by atoms with E-state index in [9.17, 15) is 19.5 Å². The zero-order valence-corrected chi connectivity index (χ0v) is 19.9. The summed E-state index contributed by atoms with van der Waals surface area (Å²) in [6.45, 7) is 3.16. The number of carboxylic acid groups (broad SMARTS) is 1. The van der Waals surface area contributed by atoms with Crippen LogP contribution in [0.4, 0.5) is 4.79 Å². The van der Waals surface area contributed by atoms with E-state index in [4.69, 9.17) is 9.47 Å². The van der Waals surface area contributed by atoms with E-state index in [2.05, 4.69) is 34.9 Å². The number of carbonyl (C=O) groups is 3. The van der Waals surface area contributed by atoms with E-state index in [1.54, 1.807) is 0 Å². The Labute approximate surface area is 205 Å². The van der Waals surface area contributed by atoms with Crippen LogP contribution in [0.1, 0.15) is 49.7 Å². The van der Waals surface area contributed by atoms with Crippen LogP contribution in [0.25, 0.3) is 11.1 Å². The molecule has 0 saturated carbocycles. The highest BCUT2D eigenvalue weighted by Crippen LogP contribution is 2.44. The molecule has 8 heteroatoms. The first kappa shape index (κ1) is 24.7. The van der Waals surface area contributed by atoms with Gasteiger partial charge in [-0.15, -0.1) is 0 Å². The van der Waals surface area contributed by atoms with Gasteiger partial charge in [0.2, 0.25) is 5.91 Å². The maximum atomic E-state index is 12.4. The summed E-state index contributed by atoms with van der Waals surface area (Å²) in [5.74, 6) is -1.31. The van der Waals surface area contributed by atoms with E-state index in [0.717, 1.165) is 11.1 Å². The molecule has 0 bridgehead atoms. The Balaban J connectivity index is 1.21. The van der Waals surface area contributed by atoms with Crippen molar-refractivity contribution in [3.05, 3.63) is 59.7 Å². The van der Waals surface area contributed by atoms with E-state index in [-0.39, 0.29) is 43.6 Å². The van der Waals surface area contributed by atoms with E-state index >= 15 is 0 Å². The molecule has 2 amide bonds. The summed E-state index contributed by atoms with van der Waals surface area (Å²) in [6, 6.07) is 16.3. The monoisotopic (exact) mass is 480 g/mol. The molecule has 1 aliphatic carbocycles. The molecule has 2 aliphatic rings. The van der Waals surface area contributed by atoms with Crippen LogP contribution in [-0.4, -0.2) is 55.0 Å². The van der Waals surface area contributed by atoms with Crippen LogP contribution in [0.3, 0.4) is 0 Å². The van der Waals surface area contributed by atoms with Crippen molar-refractivity contribution in [2.75, 3.05) is 26.4 Å². The number of aliphatic carboxylic acids is 1. The van der Waals surface area contributed by atoms with Gasteiger partial charge in [0.15, 0.2) is 0 Å². The van der Waals surface area contributed by atoms with E-state index in [1.807, 2.05) is 31.2 Å². The van der Waals surface area contributed by atoms with Gasteiger partial charge in [-0.1, -0.05) is 55.5 Å². The zero-order valence-electron chi connectivity index (χ0n) is 19.9. The van der Waals surface area contributed by atoms with Gasteiger partial charge in [0.05, 0.1) is 0 Å². The van der Waals surface area contributed by atoms with E-state index < -0.39 is 17.6 Å². The number of benzene rings is 2. The second-order valence-electron chi connectivity index (χ2n) is 9.40. The molecule has 4 rings (SSSR count). The molecule has 1 aliphatic heterocycles. The number of amides is 2. The average molecular weight is 481 g/mol.